The molecule has 0 spiro atoms. The number of benzene rings is 2. The van der Waals surface area contributed by atoms with Crippen molar-refractivity contribution in [3.05, 3.63) is 76.1 Å². The van der Waals surface area contributed by atoms with Gasteiger partial charge in [-0.3, -0.25) is 9.78 Å². The molecular formula is C22H19N7O. The van der Waals surface area contributed by atoms with Gasteiger partial charge >= 0.3 is 0 Å². The molecule has 0 saturated carbocycles. The molecule has 0 aliphatic rings. The topological polar surface area (TPSA) is 121 Å². The Hall–Kier alpha value is -4.43. The molecule has 0 aliphatic carbocycles. The summed E-state index contributed by atoms with van der Waals surface area (Å²) in [5.74, 6) is 0.141. The Bertz CT molecular complexity index is 1170. The number of hydrogen-bond donors (Lipinski definition) is 2. The number of anilines is 2. The van der Waals surface area contributed by atoms with Crippen molar-refractivity contribution in [2.24, 2.45) is 5.10 Å². The van der Waals surface area contributed by atoms with E-state index >= 15 is 0 Å². The lowest BCUT2D eigenvalue weighted by molar-refractivity contribution is 0.905. The summed E-state index contributed by atoms with van der Waals surface area (Å²) in [5, 5.41) is 22.1. The van der Waals surface area contributed by atoms with Crippen molar-refractivity contribution < 1.29 is 0 Å². The van der Waals surface area contributed by atoms with Gasteiger partial charge in [-0.1, -0.05) is 42.5 Å². The summed E-state index contributed by atoms with van der Waals surface area (Å²) in [6, 6.07) is 20.7. The summed E-state index contributed by atoms with van der Waals surface area (Å²) >= 11 is 0. The van der Waals surface area contributed by atoms with Crippen molar-refractivity contribution in [2.75, 3.05) is 23.9 Å². The first-order chi connectivity index (χ1) is 14.6. The van der Waals surface area contributed by atoms with Crippen LogP contribution in [0.2, 0.25) is 0 Å². The van der Waals surface area contributed by atoms with E-state index < -0.39 is 5.56 Å². The summed E-state index contributed by atoms with van der Waals surface area (Å²) in [5.41, 5.74) is 4.94. The number of nitrogens with zero attached hydrogens (tertiary/aromatic N) is 5. The van der Waals surface area contributed by atoms with Gasteiger partial charge in [-0.05, 0) is 17.7 Å². The lowest BCUT2D eigenvalue weighted by atomic mass is 10.1. The van der Waals surface area contributed by atoms with E-state index in [0.29, 0.717) is 24.2 Å². The molecule has 148 valence electrons. The first-order valence-electron chi connectivity index (χ1n) is 9.19. The number of aromatic nitrogens is 2. The second kappa shape index (κ2) is 9.67. The highest BCUT2D eigenvalue weighted by atomic mass is 16.1. The minimum absolute atomic E-state index is 0.0492. The molecule has 3 rings (SSSR count). The molecule has 1 aromatic heterocycles. The largest absolute Gasteiger partial charge is 0.374 e. The molecule has 0 bridgehead atoms. The number of rotatable bonds is 7. The monoisotopic (exact) mass is 397 g/mol. The van der Waals surface area contributed by atoms with Gasteiger partial charge in [0.2, 0.25) is 5.95 Å². The summed E-state index contributed by atoms with van der Waals surface area (Å²) in [6.45, 7) is 0.660. The van der Waals surface area contributed by atoms with Gasteiger partial charge in [0.25, 0.3) is 5.56 Å². The maximum absolute atomic E-state index is 12.2. The van der Waals surface area contributed by atoms with E-state index in [9.17, 15) is 10.1 Å². The molecule has 30 heavy (non-hydrogen) atoms. The molecule has 0 saturated heterocycles. The number of aromatic amines is 1. The molecule has 0 unspecified atom stereocenters. The zero-order valence-corrected chi connectivity index (χ0v) is 16.3. The van der Waals surface area contributed by atoms with Crippen molar-refractivity contribution in [3.8, 4) is 23.4 Å². The first-order valence-corrected chi connectivity index (χ1v) is 9.19. The van der Waals surface area contributed by atoms with E-state index in [1.165, 1.54) is 0 Å². The van der Waals surface area contributed by atoms with Gasteiger partial charge in [-0.25, -0.2) is 10.4 Å². The Balaban J connectivity index is 1.75. The van der Waals surface area contributed by atoms with Crippen molar-refractivity contribution in [2.45, 2.75) is 6.42 Å². The van der Waals surface area contributed by atoms with Gasteiger partial charge in [0, 0.05) is 24.8 Å². The van der Waals surface area contributed by atoms with Gasteiger partial charge < -0.3 is 4.90 Å². The summed E-state index contributed by atoms with van der Waals surface area (Å²) in [6.07, 6.45) is 2.06. The van der Waals surface area contributed by atoms with Gasteiger partial charge in [-0.2, -0.15) is 15.6 Å². The predicted molar refractivity (Wildman–Crippen MR) is 116 cm³/mol. The first kappa shape index (κ1) is 20.3. The number of hydrogen-bond acceptors (Lipinski definition) is 7. The van der Waals surface area contributed by atoms with E-state index in [4.69, 9.17) is 5.26 Å². The molecule has 2 aromatic carbocycles. The Kier molecular flexibility index (Phi) is 6.55. The molecule has 0 aliphatic heterocycles. The number of nitrogens with one attached hydrogen (secondary N) is 2. The average molecular weight is 397 g/mol. The molecule has 8 nitrogen and oxygen atoms in total. The van der Waals surface area contributed by atoms with Crippen LogP contribution in [0.5, 0.6) is 0 Å². The zero-order chi connectivity index (χ0) is 21.3. The van der Waals surface area contributed by atoms with Gasteiger partial charge in [0.05, 0.1) is 24.4 Å². The highest BCUT2D eigenvalue weighted by molar-refractivity contribution is 5.80. The molecule has 0 amide bonds. The number of hydrazone groups is 1. The molecule has 1 heterocycles. The highest BCUT2D eigenvalue weighted by Gasteiger charge is 2.12. The second-order valence-electron chi connectivity index (χ2n) is 6.41. The number of H-pyrrole nitrogens is 1. The fourth-order valence-electron chi connectivity index (χ4n) is 2.76. The molecule has 2 N–H and O–H groups in total. The zero-order valence-electron chi connectivity index (χ0n) is 16.3. The predicted octanol–water partition coefficient (Wildman–Crippen LogP) is 3.10. The van der Waals surface area contributed by atoms with Crippen LogP contribution in [0.25, 0.3) is 11.3 Å². The minimum Gasteiger partial charge on any atom is -0.374 e. The number of nitriles is 2. The summed E-state index contributed by atoms with van der Waals surface area (Å²) in [4.78, 5) is 21.1. The summed E-state index contributed by atoms with van der Waals surface area (Å²) in [7, 11) is 1.93. The maximum Gasteiger partial charge on any atom is 0.270 e. The average Bonchev–Trinajstić information content (AvgIpc) is 2.78. The van der Waals surface area contributed by atoms with Crippen LogP contribution in [0.3, 0.4) is 0 Å². The van der Waals surface area contributed by atoms with Crippen LogP contribution in [0, 0.1) is 22.7 Å². The fraction of sp³-hybridized carbons (Fsp3) is 0.136. The van der Waals surface area contributed by atoms with Crippen molar-refractivity contribution in [1.29, 1.82) is 10.5 Å². The van der Waals surface area contributed by atoms with Crippen LogP contribution in [0.4, 0.5) is 11.6 Å². The molecule has 3 aromatic rings. The van der Waals surface area contributed by atoms with Crippen LogP contribution in [-0.2, 0) is 0 Å². The Labute approximate surface area is 173 Å². The smallest absolute Gasteiger partial charge is 0.270 e. The SMILES string of the molecule is CN(CCC#N)c1ccc(C=NNc2nc(-c3ccccc3)c(C#N)c(=O)[nH]2)cc1. The van der Waals surface area contributed by atoms with E-state index in [0.717, 1.165) is 11.3 Å². The van der Waals surface area contributed by atoms with Gasteiger partial charge in [0.1, 0.15) is 11.6 Å². The molecule has 0 radical (unpaired) electrons. The fourth-order valence-corrected chi connectivity index (χ4v) is 2.76. The van der Waals surface area contributed by atoms with Crippen molar-refractivity contribution >= 4 is 17.9 Å². The second-order valence-corrected chi connectivity index (χ2v) is 6.41. The van der Waals surface area contributed by atoms with Gasteiger partial charge in [-0.15, -0.1) is 0 Å². The van der Waals surface area contributed by atoms with Crippen LogP contribution in [-0.4, -0.2) is 29.8 Å². The van der Waals surface area contributed by atoms with Crippen LogP contribution < -0.4 is 15.9 Å². The third-order valence-electron chi connectivity index (χ3n) is 4.36. The Morgan fingerprint density at radius 2 is 1.90 bits per heavy atom. The summed E-state index contributed by atoms with van der Waals surface area (Å²) < 4.78 is 0. The quantitative estimate of drug-likeness (QED) is 0.467. The molecule has 8 heteroatoms. The lowest BCUT2D eigenvalue weighted by Crippen LogP contribution is -2.17. The Morgan fingerprint density at radius 1 is 1.17 bits per heavy atom. The maximum atomic E-state index is 12.2. The molecular weight excluding hydrogens is 378 g/mol. The van der Waals surface area contributed by atoms with Crippen molar-refractivity contribution in [1.82, 2.24) is 9.97 Å². The van der Waals surface area contributed by atoms with Crippen LogP contribution in [0.1, 0.15) is 17.5 Å². The minimum atomic E-state index is -0.534. The van der Waals surface area contributed by atoms with E-state index in [2.05, 4.69) is 26.6 Å². The normalized spacial score (nSPS) is 10.4. The standard InChI is InChI=1S/C22H19N7O/c1-29(13-5-12-23)18-10-8-16(9-11-18)15-25-28-22-26-20(17-6-3-2-4-7-17)19(14-24)21(30)27-22/h2-4,6-11,15H,5,13H2,1H3,(H2,26,27,28,30). The third kappa shape index (κ3) is 4.89. The van der Waals surface area contributed by atoms with Gasteiger partial charge in [0.15, 0.2) is 0 Å². The van der Waals surface area contributed by atoms with Crippen molar-refractivity contribution in [3.63, 3.8) is 0 Å². The third-order valence-corrected chi connectivity index (χ3v) is 4.36. The van der Waals surface area contributed by atoms with E-state index in [1.54, 1.807) is 18.3 Å². The van der Waals surface area contributed by atoms with Crippen LogP contribution in [0.15, 0.2) is 64.5 Å². The van der Waals surface area contributed by atoms with E-state index in [1.807, 2.05) is 60.5 Å². The van der Waals surface area contributed by atoms with Crippen LogP contribution >= 0.6 is 0 Å². The van der Waals surface area contributed by atoms with E-state index in [-0.39, 0.29) is 11.5 Å². The lowest BCUT2D eigenvalue weighted by Gasteiger charge is -2.17. The molecule has 0 fully saturated rings. The molecule has 0 atom stereocenters. The highest BCUT2D eigenvalue weighted by Crippen LogP contribution is 2.19. The Morgan fingerprint density at radius 3 is 2.57 bits per heavy atom.